The molecule has 0 aromatic heterocycles. The lowest BCUT2D eigenvalue weighted by atomic mass is 10.1. The van der Waals surface area contributed by atoms with E-state index >= 15 is 0 Å². The first-order chi connectivity index (χ1) is 14.4. The first-order valence-corrected chi connectivity index (χ1v) is 13.4. The number of carbonyl (C=O) groups excluding carboxylic acids is 1. The molecule has 160 valence electrons. The van der Waals surface area contributed by atoms with E-state index in [2.05, 4.69) is 86.3 Å². The van der Waals surface area contributed by atoms with Crippen LogP contribution in [-0.2, 0) is 9.22 Å². The number of hydrogen-bond donors (Lipinski definition) is 0. The van der Waals surface area contributed by atoms with Crippen LogP contribution >= 0.6 is 0 Å². The van der Waals surface area contributed by atoms with Crippen LogP contribution in [0, 0.1) is 0 Å². The molecule has 2 fully saturated rings. The molecule has 2 aliphatic heterocycles. The third-order valence-electron chi connectivity index (χ3n) is 6.99. The molecule has 0 aliphatic carbocycles. The zero-order chi connectivity index (χ0) is 21.2. The van der Waals surface area contributed by atoms with Crippen molar-refractivity contribution in [1.82, 2.24) is 4.90 Å². The largest absolute Gasteiger partial charge is 0.405 e. The Bertz CT molecular complexity index is 807. The van der Waals surface area contributed by atoms with Gasteiger partial charge in [0.05, 0.1) is 12.6 Å². The van der Waals surface area contributed by atoms with Gasteiger partial charge in [-0.2, -0.15) is 0 Å². The van der Waals surface area contributed by atoms with Crippen molar-refractivity contribution in [1.29, 1.82) is 0 Å². The van der Waals surface area contributed by atoms with Gasteiger partial charge in [-0.15, -0.1) is 0 Å². The molecule has 1 amide bonds. The van der Waals surface area contributed by atoms with E-state index in [9.17, 15) is 4.79 Å². The second-order valence-corrected chi connectivity index (χ2v) is 14.2. The Labute approximate surface area is 182 Å². The van der Waals surface area contributed by atoms with E-state index in [0.29, 0.717) is 25.0 Å². The van der Waals surface area contributed by atoms with E-state index in [1.807, 2.05) is 0 Å². The molecule has 0 saturated carbocycles. The summed E-state index contributed by atoms with van der Waals surface area (Å²) in [5, 5.41) is 2.58. The number of amides is 1. The summed E-state index contributed by atoms with van der Waals surface area (Å²) in [6.45, 7) is 7.57. The summed E-state index contributed by atoms with van der Waals surface area (Å²) >= 11 is 0. The fraction of sp³-hybridized carbons (Fsp3) is 0.500. The van der Waals surface area contributed by atoms with E-state index in [0.717, 1.165) is 25.7 Å². The van der Waals surface area contributed by atoms with Gasteiger partial charge < -0.3 is 9.33 Å². The molecular weight excluding hydrogens is 386 g/mol. The summed E-state index contributed by atoms with van der Waals surface area (Å²) < 4.78 is 7.13. The van der Waals surface area contributed by atoms with Crippen LogP contribution < -0.4 is 10.4 Å². The third kappa shape index (κ3) is 3.88. The minimum Gasteiger partial charge on any atom is -0.405 e. The van der Waals surface area contributed by atoms with Crippen LogP contribution in [0.15, 0.2) is 60.7 Å². The van der Waals surface area contributed by atoms with Gasteiger partial charge in [0.2, 0.25) is 5.91 Å². The number of benzene rings is 2. The fourth-order valence-electron chi connectivity index (χ4n) is 5.58. The quantitative estimate of drug-likeness (QED) is 0.666. The Morgan fingerprint density at radius 2 is 1.50 bits per heavy atom. The van der Waals surface area contributed by atoms with Crippen LogP contribution in [0.3, 0.4) is 0 Å². The molecule has 2 aliphatic rings. The molecule has 30 heavy (non-hydrogen) atoms. The number of nitrogens with zero attached hydrogens (tertiary/aromatic N) is 1. The van der Waals surface area contributed by atoms with Crippen LogP contribution in [-0.4, -0.2) is 37.8 Å². The Morgan fingerprint density at radius 3 is 2.07 bits per heavy atom. The summed E-state index contributed by atoms with van der Waals surface area (Å²) in [7, 11) is -2.55. The van der Waals surface area contributed by atoms with Crippen molar-refractivity contribution in [2.24, 2.45) is 0 Å². The van der Waals surface area contributed by atoms with Crippen molar-refractivity contribution >= 4 is 24.6 Å². The highest BCUT2D eigenvalue weighted by atomic mass is 28.4. The van der Waals surface area contributed by atoms with Crippen molar-refractivity contribution in [3.8, 4) is 0 Å². The predicted molar refractivity (Wildman–Crippen MR) is 126 cm³/mol. The Kier molecular flexibility index (Phi) is 6.17. The number of fused-ring (bicyclic) bond motifs is 1. The first-order valence-electron chi connectivity index (χ1n) is 11.5. The molecule has 4 rings (SSSR count). The lowest BCUT2D eigenvalue weighted by Crippen LogP contribution is -2.67. The molecule has 0 spiro atoms. The number of rotatable bonds is 5. The lowest BCUT2D eigenvalue weighted by molar-refractivity contribution is -0.134. The molecule has 0 N–H and O–H groups in total. The van der Waals surface area contributed by atoms with E-state index in [-0.39, 0.29) is 11.1 Å². The van der Waals surface area contributed by atoms with Gasteiger partial charge in [-0.1, -0.05) is 87.9 Å². The van der Waals surface area contributed by atoms with Gasteiger partial charge in [0.15, 0.2) is 0 Å². The van der Waals surface area contributed by atoms with Gasteiger partial charge in [-0.05, 0) is 41.1 Å². The van der Waals surface area contributed by atoms with Gasteiger partial charge in [0, 0.05) is 12.5 Å². The molecule has 2 aromatic carbocycles. The van der Waals surface area contributed by atoms with E-state index < -0.39 is 8.32 Å². The minimum absolute atomic E-state index is 0.0312. The van der Waals surface area contributed by atoms with E-state index in [1.165, 1.54) is 16.8 Å². The van der Waals surface area contributed by atoms with Crippen LogP contribution in [0.25, 0.3) is 0 Å². The van der Waals surface area contributed by atoms with Crippen molar-refractivity contribution in [3.63, 3.8) is 0 Å². The lowest BCUT2D eigenvalue weighted by Gasteiger charge is -2.44. The number of carbonyl (C=O) groups is 1. The summed E-state index contributed by atoms with van der Waals surface area (Å²) in [4.78, 5) is 15.0. The Morgan fingerprint density at radius 1 is 0.900 bits per heavy atom. The average molecular weight is 422 g/mol. The SMILES string of the molecule is CC(C)(C)[Si](OC[C@@H]1CC[C@H]2CCCCC(=O)N21)(c1ccccc1)c1ccccc1. The smallest absolute Gasteiger partial charge is 0.261 e. The molecule has 3 nitrogen and oxygen atoms in total. The molecule has 0 unspecified atom stereocenters. The highest BCUT2D eigenvalue weighted by Gasteiger charge is 2.51. The second-order valence-electron chi connectivity index (χ2n) is 9.91. The van der Waals surface area contributed by atoms with Gasteiger partial charge in [-0.25, -0.2) is 0 Å². The van der Waals surface area contributed by atoms with Crippen LogP contribution in [0.2, 0.25) is 5.04 Å². The van der Waals surface area contributed by atoms with Crippen LogP contribution in [0.1, 0.15) is 59.3 Å². The maximum absolute atomic E-state index is 12.8. The normalized spacial score (nSPS) is 22.6. The molecular formula is C26H35NO2Si. The summed E-state index contributed by atoms with van der Waals surface area (Å²) in [5.41, 5.74) is 0. The van der Waals surface area contributed by atoms with Crippen molar-refractivity contribution < 1.29 is 9.22 Å². The van der Waals surface area contributed by atoms with Gasteiger partial charge in [0.1, 0.15) is 0 Å². The molecule has 2 aromatic rings. The summed E-state index contributed by atoms with van der Waals surface area (Å²) in [6.07, 6.45) is 6.26. The van der Waals surface area contributed by atoms with Gasteiger partial charge in [-0.3, -0.25) is 4.79 Å². The highest BCUT2D eigenvalue weighted by molar-refractivity contribution is 6.99. The maximum Gasteiger partial charge on any atom is 0.261 e. The van der Waals surface area contributed by atoms with E-state index in [1.54, 1.807) is 0 Å². The van der Waals surface area contributed by atoms with Crippen molar-refractivity contribution in [2.75, 3.05) is 6.61 Å². The van der Waals surface area contributed by atoms with Crippen LogP contribution in [0.4, 0.5) is 0 Å². The molecule has 0 radical (unpaired) electrons. The first kappa shape index (κ1) is 21.3. The summed E-state index contributed by atoms with van der Waals surface area (Å²) in [5.74, 6) is 0.339. The van der Waals surface area contributed by atoms with E-state index in [4.69, 9.17) is 4.43 Å². The summed E-state index contributed by atoms with van der Waals surface area (Å²) in [6, 6.07) is 22.2. The molecule has 2 atom stereocenters. The molecule has 2 saturated heterocycles. The average Bonchev–Trinajstić information content (AvgIpc) is 3.05. The van der Waals surface area contributed by atoms with Crippen LogP contribution in [0.5, 0.6) is 0 Å². The maximum atomic E-state index is 12.8. The topological polar surface area (TPSA) is 29.5 Å². The third-order valence-corrected chi connectivity index (χ3v) is 12.0. The minimum atomic E-state index is -2.55. The Balaban J connectivity index is 1.70. The zero-order valence-electron chi connectivity index (χ0n) is 18.6. The fourth-order valence-corrected chi connectivity index (χ4v) is 10.2. The Hall–Kier alpha value is -1.91. The van der Waals surface area contributed by atoms with Gasteiger partial charge >= 0.3 is 0 Å². The monoisotopic (exact) mass is 421 g/mol. The molecule has 4 heteroatoms. The molecule has 0 bridgehead atoms. The second kappa shape index (κ2) is 8.68. The standard InChI is InChI=1S/C26H35NO2Si/c1-26(2,3)30(23-13-6-4-7-14-23,24-15-8-5-9-16-24)29-20-22-19-18-21-12-10-11-17-25(28)27(21)22/h4-9,13-16,21-22H,10-12,17-20H2,1-3H3/t21-,22+/m1/s1. The van der Waals surface area contributed by atoms with Crippen molar-refractivity contribution in [3.05, 3.63) is 60.7 Å². The van der Waals surface area contributed by atoms with Crippen molar-refractivity contribution in [2.45, 2.75) is 76.4 Å². The predicted octanol–water partition coefficient (Wildman–Crippen LogP) is 4.50. The highest BCUT2D eigenvalue weighted by Crippen LogP contribution is 2.38. The zero-order valence-corrected chi connectivity index (χ0v) is 19.6. The number of hydrogen-bond acceptors (Lipinski definition) is 2. The van der Waals surface area contributed by atoms with Gasteiger partial charge in [0.25, 0.3) is 8.32 Å². The molecule has 2 heterocycles.